The number of aliphatic carboxylic acids is 6. The van der Waals surface area contributed by atoms with Crippen LogP contribution >= 0.6 is 0 Å². The van der Waals surface area contributed by atoms with Gasteiger partial charge in [0, 0.05) is 39.3 Å². The minimum absolute atomic E-state index is 0. The number of hydrogen-bond donors (Lipinski definition) is 0. The van der Waals surface area contributed by atoms with Crippen LogP contribution in [0.1, 0.15) is 0 Å². The van der Waals surface area contributed by atoms with E-state index in [0.29, 0.717) is 9.80 Å². The number of rotatable bonds is 12. The van der Waals surface area contributed by atoms with Gasteiger partial charge in [0.05, 0.1) is 35.8 Å². The van der Waals surface area contributed by atoms with Crippen molar-refractivity contribution in [1.82, 2.24) is 9.80 Å². The average Bonchev–Trinajstić information content (AvgIpc) is 2.33. The molecule has 0 spiro atoms. The van der Waals surface area contributed by atoms with Crippen LogP contribution in [0.2, 0.25) is 0 Å². The molecule has 0 saturated carbocycles. The Morgan fingerprint density at radius 2 is 0.500 bits per heavy atom. The summed E-state index contributed by atoms with van der Waals surface area (Å²) in [4.78, 5) is 61.2. The minimum atomic E-state index is -1.57. The molecule has 0 bridgehead atoms. The van der Waals surface area contributed by atoms with E-state index in [1.165, 1.54) is 0 Å². The van der Waals surface area contributed by atoms with E-state index in [1.807, 2.05) is 0 Å². The van der Waals surface area contributed by atoms with Gasteiger partial charge < -0.3 is 59.4 Å². The first kappa shape index (κ1) is 44.8. The molecule has 150 valence electrons. The van der Waals surface area contributed by atoms with E-state index >= 15 is 0 Å². The SMILES string of the molecule is O=C([O-])CN(CC(=O)[O-])CC(=O)[O-].O=C([O-])CN(CC(=O)[O-])CC(=O)[O-].[Cd+2].[Cd+2].[Cd+2].[KH]. The Labute approximate surface area is 273 Å². The Balaban J connectivity index is -0.0000000847. The van der Waals surface area contributed by atoms with E-state index in [9.17, 15) is 59.4 Å². The van der Waals surface area contributed by atoms with Gasteiger partial charge in [0.2, 0.25) is 0 Å². The van der Waals surface area contributed by atoms with Crippen molar-refractivity contribution in [1.29, 1.82) is 0 Å². The Morgan fingerprint density at radius 3 is 0.567 bits per heavy atom. The molecule has 0 aliphatic heterocycles. The van der Waals surface area contributed by atoms with E-state index in [2.05, 4.69) is 0 Å². The van der Waals surface area contributed by atoms with E-state index in [1.54, 1.807) is 0 Å². The summed E-state index contributed by atoms with van der Waals surface area (Å²) in [5.41, 5.74) is 0. The summed E-state index contributed by atoms with van der Waals surface area (Å²) in [5, 5.41) is 60.0. The first-order valence-corrected chi connectivity index (χ1v) is 6.47. The van der Waals surface area contributed by atoms with Gasteiger partial charge in [0.25, 0.3) is 0 Å². The predicted octanol–water partition coefficient (Wildman–Crippen LogP) is -11.6. The van der Waals surface area contributed by atoms with Gasteiger partial charge >= 0.3 is 133 Å². The van der Waals surface area contributed by atoms with Gasteiger partial charge in [0.15, 0.2) is 0 Å². The Kier molecular flexibility index (Phi) is 39.4. The van der Waals surface area contributed by atoms with Crippen LogP contribution in [-0.4, -0.2) is 136 Å². The molecule has 0 aliphatic carbocycles. The van der Waals surface area contributed by atoms with Crippen LogP contribution < -0.4 is 30.6 Å². The third kappa shape index (κ3) is 36.5. The predicted molar refractivity (Wildman–Crippen MR) is 70.1 cm³/mol. The topological polar surface area (TPSA) is 247 Å². The van der Waals surface area contributed by atoms with Crippen LogP contribution in [0.3, 0.4) is 0 Å². The summed E-state index contributed by atoms with van der Waals surface area (Å²) in [6, 6.07) is 0. The molecular formula is C12H13Cd3KN2O12. The molecule has 0 radical (unpaired) electrons. The number of carbonyl (C=O) groups is 6. The van der Waals surface area contributed by atoms with Crippen LogP contribution in [0.5, 0.6) is 0 Å². The zero-order chi connectivity index (χ0) is 20.9. The summed E-state index contributed by atoms with van der Waals surface area (Å²) in [6.07, 6.45) is 0. The van der Waals surface area contributed by atoms with Gasteiger partial charge in [-0.2, -0.15) is 0 Å². The van der Waals surface area contributed by atoms with Gasteiger partial charge in [-0.15, -0.1) is 0 Å². The number of nitrogens with zero attached hydrogens (tertiary/aromatic N) is 2. The van der Waals surface area contributed by atoms with Gasteiger partial charge in [0.1, 0.15) is 0 Å². The molecule has 0 N–H and O–H groups in total. The molecule has 0 saturated heterocycles. The number of carbonyl (C=O) groups excluding carboxylic acids is 6. The molecule has 14 nitrogen and oxygen atoms in total. The second-order valence-electron chi connectivity index (χ2n) is 4.52. The second-order valence-corrected chi connectivity index (χ2v) is 4.52. The number of hydrogen-bond acceptors (Lipinski definition) is 14. The summed E-state index contributed by atoms with van der Waals surface area (Å²) >= 11 is 0. The van der Waals surface area contributed by atoms with E-state index in [0.717, 1.165) is 0 Å². The Hall–Kier alpha value is 1.14. The third-order valence-corrected chi connectivity index (χ3v) is 2.12. The molecule has 30 heavy (non-hydrogen) atoms. The van der Waals surface area contributed by atoms with Crippen LogP contribution in [0.25, 0.3) is 0 Å². The van der Waals surface area contributed by atoms with Crippen molar-refractivity contribution in [3.8, 4) is 0 Å². The average molecular weight is 754 g/mol. The van der Waals surface area contributed by atoms with Crippen LogP contribution in [0.4, 0.5) is 0 Å². The molecule has 0 atom stereocenters. The first-order chi connectivity index (χ1) is 11.8. The molecule has 0 aromatic carbocycles. The van der Waals surface area contributed by atoms with E-state index in [4.69, 9.17) is 0 Å². The van der Waals surface area contributed by atoms with Crippen LogP contribution in [0, 0.1) is 0 Å². The molecule has 0 aliphatic rings. The number of carboxylic acids is 6. The van der Waals surface area contributed by atoms with Crippen molar-refractivity contribution in [3.05, 3.63) is 0 Å². The molecule has 0 unspecified atom stereocenters. The second kappa shape index (κ2) is 26.4. The maximum absolute atomic E-state index is 9.99. The summed E-state index contributed by atoms with van der Waals surface area (Å²) < 4.78 is 0. The van der Waals surface area contributed by atoms with Crippen molar-refractivity contribution >= 4 is 87.2 Å². The van der Waals surface area contributed by atoms with Crippen molar-refractivity contribution in [2.75, 3.05) is 39.3 Å². The molecule has 0 rings (SSSR count). The van der Waals surface area contributed by atoms with Gasteiger partial charge in [-0.1, -0.05) is 0 Å². The van der Waals surface area contributed by atoms with Crippen molar-refractivity contribution in [2.45, 2.75) is 0 Å². The Bertz CT molecular complexity index is 442. The summed E-state index contributed by atoms with van der Waals surface area (Å²) in [7, 11) is 0. The summed E-state index contributed by atoms with van der Waals surface area (Å²) in [5.74, 6) is -9.40. The molecule has 18 heteroatoms. The van der Waals surface area contributed by atoms with Gasteiger partial charge in [-0.05, 0) is 0 Å². The van der Waals surface area contributed by atoms with Crippen LogP contribution in [-0.2, 0) is 111 Å². The fourth-order valence-electron chi connectivity index (χ4n) is 1.43. The molecule has 0 aromatic rings. The van der Waals surface area contributed by atoms with Crippen molar-refractivity contribution in [2.24, 2.45) is 0 Å². The Morgan fingerprint density at radius 1 is 0.400 bits per heavy atom. The normalized spacial score (nSPS) is 8.60. The van der Waals surface area contributed by atoms with Crippen LogP contribution in [0.15, 0.2) is 0 Å². The monoisotopic (exact) mass is 758 g/mol. The molecule has 0 fully saturated rings. The zero-order valence-electron chi connectivity index (χ0n) is 15.2. The molecule has 0 heterocycles. The maximum atomic E-state index is 9.99. The van der Waals surface area contributed by atoms with Crippen molar-refractivity contribution < 1.29 is 141 Å². The van der Waals surface area contributed by atoms with Gasteiger partial charge in [-0.3, -0.25) is 9.80 Å². The quantitative estimate of drug-likeness (QED) is 0.168. The third-order valence-electron chi connectivity index (χ3n) is 2.12. The zero-order valence-corrected chi connectivity index (χ0v) is 27.3. The fraction of sp³-hybridized carbons (Fsp3) is 0.500. The van der Waals surface area contributed by atoms with E-state index < -0.39 is 75.1 Å². The van der Waals surface area contributed by atoms with Crippen molar-refractivity contribution in [3.63, 3.8) is 0 Å². The number of carboxylic acid groups (broad SMARTS) is 6. The molecule has 0 aromatic heterocycles. The molecule has 0 amide bonds. The molecular weight excluding hydrogens is 740 g/mol. The standard InChI is InChI=1S/2C6H9NO6.3Cd.K.H/c2*8-4(9)1-7(2-5(10)11)3-6(12)13;;;;;/h2*1-3H2,(H,8,9)(H,10,11)(H,12,13);;;;;/q;;3*+2;;/p-6. The van der Waals surface area contributed by atoms with E-state index in [-0.39, 0.29) is 133 Å². The first-order valence-electron chi connectivity index (χ1n) is 6.47. The summed E-state index contributed by atoms with van der Waals surface area (Å²) in [6.45, 7) is -4.74. The van der Waals surface area contributed by atoms with Gasteiger partial charge in [-0.25, -0.2) is 0 Å². The fourth-order valence-corrected chi connectivity index (χ4v) is 1.43.